The Morgan fingerprint density at radius 3 is 1.95 bits per heavy atom. The summed E-state index contributed by atoms with van der Waals surface area (Å²) in [5, 5.41) is 8.70. The predicted octanol–water partition coefficient (Wildman–Crippen LogP) is 5.13. The third-order valence-corrected chi connectivity index (χ3v) is 3.85. The van der Waals surface area contributed by atoms with Crippen LogP contribution in [-0.4, -0.2) is 18.3 Å². The molecule has 2 heteroatoms. The number of aliphatic hydroxyl groups excluding tert-OH is 1. The molecule has 120 valence electrons. The van der Waals surface area contributed by atoms with Crippen molar-refractivity contribution in [1.29, 1.82) is 0 Å². The van der Waals surface area contributed by atoms with Crippen LogP contribution in [0.15, 0.2) is 24.3 Å². The molecule has 0 aliphatic carbocycles. The van der Waals surface area contributed by atoms with Crippen molar-refractivity contribution in [2.75, 3.05) is 13.2 Å². The van der Waals surface area contributed by atoms with E-state index in [2.05, 4.69) is 19.1 Å². The Balaban J connectivity index is 1.99. The van der Waals surface area contributed by atoms with E-state index in [0.29, 0.717) is 6.61 Å². The summed E-state index contributed by atoms with van der Waals surface area (Å²) in [6.45, 7) is 2.71. The Kier molecular flexibility index (Phi) is 10.9. The average molecular weight is 292 g/mol. The molecule has 21 heavy (non-hydrogen) atoms. The van der Waals surface area contributed by atoms with Crippen LogP contribution in [0.5, 0.6) is 5.75 Å². The third-order valence-electron chi connectivity index (χ3n) is 3.85. The number of hydrogen-bond donors (Lipinski definition) is 1. The van der Waals surface area contributed by atoms with E-state index < -0.39 is 0 Å². The SMILES string of the molecule is CCCCCCCCCCCc1ccc(OCCO)cc1. The second-order valence-electron chi connectivity index (χ2n) is 5.79. The summed E-state index contributed by atoms with van der Waals surface area (Å²) in [5.74, 6) is 0.847. The summed E-state index contributed by atoms with van der Waals surface area (Å²) >= 11 is 0. The van der Waals surface area contributed by atoms with Crippen LogP contribution >= 0.6 is 0 Å². The van der Waals surface area contributed by atoms with E-state index in [4.69, 9.17) is 9.84 Å². The van der Waals surface area contributed by atoms with Gasteiger partial charge in [0.25, 0.3) is 0 Å². The number of aryl methyl sites for hydroxylation is 1. The molecule has 1 rings (SSSR count). The molecule has 1 aromatic rings. The molecular weight excluding hydrogens is 260 g/mol. The van der Waals surface area contributed by atoms with E-state index in [1.54, 1.807) is 0 Å². The molecule has 0 aromatic heterocycles. The van der Waals surface area contributed by atoms with Crippen molar-refractivity contribution in [1.82, 2.24) is 0 Å². The van der Waals surface area contributed by atoms with Gasteiger partial charge in [-0.2, -0.15) is 0 Å². The second-order valence-corrected chi connectivity index (χ2v) is 5.79. The van der Waals surface area contributed by atoms with Crippen LogP contribution in [0, 0.1) is 0 Å². The molecule has 0 radical (unpaired) electrons. The second kappa shape index (κ2) is 12.7. The first-order chi connectivity index (χ1) is 10.4. The van der Waals surface area contributed by atoms with Gasteiger partial charge in [-0.25, -0.2) is 0 Å². The van der Waals surface area contributed by atoms with Crippen LogP contribution in [0.1, 0.15) is 70.3 Å². The maximum atomic E-state index is 8.70. The lowest BCUT2D eigenvalue weighted by Gasteiger charge is -2.06. The summed E-state index contributed by atoms with van der Waals surface area (Å²) < 4.78 is 5.36. The Labute approximate surface area is 130 Å². The van der Waals surface area contributed by atoms with Crippen LogP contribution in [0.2, 0.25) is 0 Å². The average Bonchev–Trinajstić information content (AvgIpc) is 2.52. The highest BCUT2D eigenvalue weighted by atomic mass is 16.5. The summed E-state index contributed by atoms with van der Waals surface area (Å²) in [6, 6.07) is 8.27. The van der Waals surface area contributed by atoms with Gasteiger partial charge in [0.15, 0.2) is 0 Å². The van der Waals surface area contributed by atoms with Gasteiger partial charge in [-0.1, -0.05) is 70.4 Å². The van der Waals surface area contributed by atoms with E-state index >= 15 is 0 Å². The molecule has 0 aliphatic heterocycles. The molecule has 0 fully saturated rings. The number of hydrogen-bond acceptors (Lipinski definition) is 2. The van der Waals surface area contributed by atoms with Gasteiger partial charge in [-0.3, -0.25) is 0 Å². The quantitative estimate of drug-likeness (QED) is 0.511. The maximum absolute atomic E-state index is 8.70. The Morgan fingerprint density at radius 1 is 0.810 bits per heavy atom. The van der Waals surface area contributed by atoms with Crippen LogP contribution in [0.3, 0.4) is 0 Å². The van der Waals surface area contributed by atoms with Gasteiger partial charge in [0.05, 0.1) is 6.61 Å². The molecule has 0 unspecified atom stereocenters. The standard InChI is InChI=1S/C19H32O2/c1-2-3-4-5-6-7-8-9-10-11-18-12-14-19(15-13-18)21-17-16-20/h12-15,20H,2-11,16-17H2,1H3. The third kappa shape index (κ3) is 9.52. The molecule has 0 saturated heterocycles. The van der Waals surface area contributed by atoms with Gasteiger partial charge >= 0.3 is 0 Å². The molecule has 0 saturated carbocycles. The Morgan fingerprint density at radius 2 is 1.38 bits per heavy atom. The molecule has 0 bridgehead atoms. The fourth-order valence-electron chi connectivity index (χ4n) is 2.56. The fourth-order valence-corrected chi connectivity index (χ4v) is 2.56. The summed E-state index contributed by atoms with van der Waals surface area (Å²) in [7, 11) is 0. The topological polar surface area (TPSA) is 29.5 Å². The van der Waals surface area contributed by atoms with Gasteiger partial charge in [0.1, 0.15) is 12.4 Å². The molecular formula is C19H32O2. The highest BCUT2D eigenvalue weighted by Gasteiger charge is 1.97. The number of ether oxygens (including phenoxy) is 1. The van der Waals surface area contributed by atoms with Crippen LogP contribution in [0.4, 0.5) is 0 Å². The minimum atomic E-state index is 0.0696. The van der Waals surface area contributed by atoms with E-state index in [1.807, 2.05) is 12.1 Å². The van der Waals surface area contributed by atoms with Crippen LogP contribution < -0.4 is 4.74 Å². The van der Waals surface area contributed by atoms with Crippen molar-refractivity contribution in [2.45, 2.75) is 71.1 Å². The van der Waals surface area contributed by atoms with Gasteiger partial charge in [0, 0.05) is 0 Å². The van der Waals surface area contributed by atoms with Gasteiger partial charge in [-0.05, 0) is 30.5 Å². The zero-order valence-electron chi connectivity index (χ0n) is 13.7. The van der Waals surface area contributed by atoms with Crippen molar-refractivity contribution in [3.63, 3.8) is 0 Å². The zero-order valence-corrected chi connectivity index (χ0v) is 13.7. The van der Waals surface area contributed by atoms with Crippen molar-refractivity contribution in [2.24, 2.45) is 0 Å². The van der Waals surface area contributed by atoms with Gasteiger partial charge in [-0.15, -0.1) is 0 Å². The van der Waals surface area contributed by atoms with Crippen LogP contribution in [0.25, 0.3) is 0 Å². The van der Waals surface area contributed by atoms with Gasteiger partial charge < -0.3 is 9.84 Å². The highest BCUT2D eigenvalue weighted by Crippen LogP contribution is 2.15. The first-order valence-electron chi connectivity index (χ1n) is 8.69. The summed E-state index contributed by atoms with van der Waals surface area (Å²) in [6.07, 6.45) is 13.6. The maximum Gasteiger partial charge on any atom is 0.119 e. The van der Waals surface area contributed by atoms with E-state index in [1.165, 1.54) is 63.4 Å². The molecule has 0 spiro atoms. The molecule has 0 atom stereocenters. The van der Waals surface area contributed by atoms with E-state index in [0.717, 1.165) is 12.2 Å². The van der Waals surface area contributed by atoms with E-state index in [9.17, 15) is 0 Å². The number of unbranched alkanes of at least 4 members (excludes halogenated alkanes) is 8. The van der Waals surface area contributed by atoms with Crippen molar-refractivity contribution in [3.8, 4) is 5.75 Å². The minimum Gasteiger partial charge on any atom is -0.491 e. The monoisotopic (exact) mass is 292 g/mol. The first kappa shape index (κ1) is 18.0. The van der Waals surface area contributed by atoms with Crippen molar-refractivity contribution >= 4 is 0 Å². The number of rotatable bonds is 13. The fraction of sp³-hybridized carbons (Fsp3) is 0.684. The highest BCUT2D eigenvalue weighted by molar-refractivity contribution is 5.27. The normalized spacial score (nSPS) is 10.8. The molecule has 0 amide bonds. The molecule has 0 aliphatic rings. The Hall–Kier alpha value is -1.02. The lowest BCUT2D eigenvalue weighted by Crippen LogP contribution is -2.01. The first-order valence-corrected chi connectivity index (χ1v) is 8.69. The predicted molar refractivity (Wildman–Crippen MR) is 90.0 cm³/mol. The molecule has 1 N–H and O–H groups in total. The van der Waals surface area contributed by atoms with Gasteiger partial charge in [0.2, 0.25) is 0 Å². The number of aliphatic hydroxyl groups is 1. The van der Waals surface area contributed by atoms with Crippen LogP contribution in [-0.2, 0) is 6.42 Å². The number of benzene rings is 1. The largest absolute Gasteiger partial charge is 0.491 e. The lowest BCUT2D eigenvalue weighted by atomic mass is 10.0. The molecule has 2 nitrogen and oxygen atoms in total. The van der Waals surface area contributed by atoms with E-state index in [-0.39, 0.29) is 6.61 Å². The summed E-state index contributed by atoms with van der Waals surface area (Å²) in [5.41, 5.74) is 1.38. The summed E-state index contributed by atoms with van der Waals surface area (Å²) in [4.78, 5) is 0. The zero-order chi connectivity index (χ0) is 15.2. The van der Waals surface area contributed by atoms with Crippen molar-refractivity contribution < 1.29 is 9.84 Å². The Bertz CT molecular complexity index is 332. The smallest absolute Gasteiger partial charge is 0.119 e. The van der Waals surface area contributed by atoms with Crippen molar-refractivity contribution in [3.05, 3.63) is 29.8 Å². The lowest BCUT2D eigenvalue weighted by molar-refractivity contribution is 0.201. The molecule has 0 heterocycles. The molecule has 1 aromatic carbocycles. The minimum absolute atomic E-state index is 0.0696.